The summed E-state index contributed by atoms with van der Waals surface area (Å²) in [4.78, 5) is 17.8. The second kappa shape index (κ2) is 6.18. The monoisotopic (exact) mass is 274 g/mol. The molecular weight excluding hydrogens is 256 g/mol. The van der Waals surface area contributed by atoms with Crippen LogP contribution in [0, 0.1) is 6.92 Å². The van der Waals surface area contributed by atoms with Crippen LogP contribution in [0.15, 0.2) is 35.0 Å². The van der Waals surface area contributed by atoms with Gasteiger partial charge in [-0.05, 0) is 26.0 Å². The Kier molecular flexibility index (Phi) is 4.34. The molecule has 0 spiro atoms. The first-order chi connectivity index (χ1) is 9.56. The first kappa shape index (κ1) is 14.0. The first-order valence-corrected chi connectivity index (χ1v) is 6.41. The van der Waals surface area contributed by atoms with Crippen molar-refractivity contribution >= 4 is 6.03 Å². The number of amides is 2. The summed E-state index contributed by atoms with van der Waals surface area (Å²) in [5, 5.41) is 6.76. The third-order valence-electron chi connectivity index (χ3n) is 2.89. The summed E-state index contributed by atoms with van der Waals surface area (Å²) in [5.41, 5.74) is 1.55. The van der Waals surface area contributed by atoms with Crippen LogP contribution in [0.1, 0.15) is 30.1 Å². The van der Waals surface area contributed by atoms with Crippen molar-refractivity contribution in [3.63, 3.8) is 0 Å². The zero-order valence-electron chi connectivity index (χ0n) is 11.8. The lowest BCUT2D eigenvalue weighted by molar-refractivity contribution is 0.202. The van der Waals surface area contributed by atoms with Gasteiger partial charge >= 0.3 is 6.03 Å². The van der Waals surface area contributed by atoms with E-state index >= 15 is 0 Å². The molecule has 0 aromatic carbocycles. The van der Waals surface area contributed by atoms with Gasteiger partial charge in [0.15, 0.2) is 0 Å². The molecule has 0 unspecified atom stereocenters. The fourth-order valence-electron chi connectivity index (χ4n) is 1.81. The van der Waals surface area contributed by atoms with Gasteiger partial charge in [-0.3, -0.25) is 4.98 Å². The van der Waals surface area contributed by atoms with Crippen LogP contribution in [0.25, 0.3) is 0 Å². The Balaban J connectivity index is 1.91. The second-order valence-electron chi connectivity index (χ2n) is 4.71. The molecule has 1 atom stereocenters. The zero-order valence-corrected chi connectivity index (χ0v) is 11.8. The summed E-state index contributed by atoms with van der Waals surface area (Å²) >= 11 is 0. The Morgan fingerprint density at radius 1 is 1.50 bits per heavy atom. The number of carbonyl (C=O) groups is 1. The first-order valence-electron chi connectivity index (χ1n) is 6.41. The molecule has 0 saturated carbocycles. The van der Waals surface area contributed by atoms with Crippen molar-refractivity contribution in [3.05, 3.63) is 47.6 Å². The highest BCUT2D eigenvalue weighted by molar-refractivity contribution is 5.74. The Hall–Kier alpha value is -2.37. The van der Waals surface area contributed by atoms with Crippen molar-refractivity contribution in [1.29, 1.82) is 0 Å². The van der Waals surface area contributed by atoms with Gasteiger partial charge in [-0.25, -0.2) is 4.79 Å². The van der Waals surface area contributed by atoms with E-state index in [1.807, 2.05) is 38.1 Å². The largest absolute Gasteiger partial charge is 0.361 e. The molecule has 2 aromatic heterocycles. The minimum atomic E-state index is -0.177. The van der Waals surface area contributed by atoms with Crippen LogP contribution in [0.2, 0.25) is 0 Å². The summed E-state index contributed by atoms with van der Waals surface area (Å²) < 4.78 is 4.98. The second-order valence-corrected chi connectivity index (χ2v) is 4.71. The van der Waals surface area contributed by atoms with E-state index in [2.05, 4.69) is 15.5 Å². The molecule has 2 amide bonds. The summed E-state index contributed by atoms with van der Waals surface area (Å²) in [6, 6.07) is 7.11. The minimum Gasteiger partial charge on any atom is -0.361 e. The van der Waals surface area contributed by atoms with Crippen LogP contribution in [-0.4, -0.2) is 28.1 Å². The van der Waals surface area contributed by atoms with E-state index in [1.54, 1.807) is 18.1 Å². The van der Waals surface area contributed by atoms with Crippen LogP contribution in [0.4, 0.5) is 4.79 Å². The molecule has 6 heteroatoms. The van der Waals surface area contributed by atoms with Crippen molar-refractivity contribution in [3.8, 4) is 0 Å². The quantitative estimate of drug-likeness (QED) is 0.928. The van der Waals surface area contributed by atoms with Crippen molar-refractivity contribution in [2.24, 2.45) is 0 Å². The molecule has 0 bridgehead atoms. The lowest BCUT2D eigenvalue weighted by Gasteiger charge is -2.20. The fraction of sp³-hybridized carbons (Fsp3) is 0.357. The minimum absolute atomic E-state index is 0.148. The van der Waals surface area contributed by atoms with E-state index in [4.69, 9.17) is 4.52 Å². The molecule has 0 aliphatic heterocycles. The molecule has 0 saturated heterocycles. The number of aromatic nitrogens is 2. The topological polar surface area (TPSA) is 71.3 Å². The molecule has 0 fully saturated rings. The molecule has 2 rings (SSSR count). The smallest absolute Gasteiger partial charge is 0.318 e. The van der Waals surface area contributed by atoms with E-state index in [1.165, 1.54) is 0 Å². The van der Waals surface area contributed by atoms with Crippen molar-refractivity contribution in [2.45, 2.75) is 26.4 Å². The molecule has 2 heterocycles. The molecule has 0 radical (unpaired) electrons. The molecule has 6 nitrogen and oxygen atoms in total. The van der Waals surface area contributed by atoms with Gasteiger partial charge < -0.3 is 14.7 Å². The van der Waals surface area contributed by atoms with Gasteiger partial charge in [-0.2, -0.15) is 0 Å². The average Bonchev–Trinajstić information content (AvgIpc) is 2.85. The number of urea groups is 1. The average molecular weight is 274 g/mol. The van der Waals surface area contributed by atoms with Crippen molar-refractivity contribution in [1.82, 2.24) is 20.4 Å². The number of nitrogens with zero attached hydrogens (tertiary/aromatic N) is 3. The number of nitrogens with one attached hydrogen (secondary N) is 1. The highest BCUT2D eigenvalue weighted by Gasteiger charge is 2.15. The lowest BCUT2D eigenvalue weighted by Crippen LogP contribution is -2.38. The summed E-state index contributed by atoms with van der Waals surface area (Å²) in [6.07, 6.45) is 1.71. The molecule has 2 aromatic rings. The van der Waals surface area contributed by atoms with Crippen LogP contribution in [0.5, 0.6) is 0 Å². The van der Waals surface area contributed by atoms with E-state index in [0.717, 1.165) is 17.1 Å². The number of rotatable bonds is 4. The third kappa shape index (κ3) is 3.57. The highest BCUT2D eigenvalue weighted by Crippen LogP contribution is 2.09. The molecule has 106 valence electrons. The van der Waals surface area contributed by atoms with Gasteiger partial charge in [0.2, 0.25) is 0 Å². The summed E-state index contributed by atoms with van der Waals surface area (Å²) in [6.45, 7) is 4.12. The normalized spacial score (nSPS) is 11.9. The van der Waals surface area contributed by atoms with Gasteiger partial charge in [0.25, 0.3) is 0 Å². The number of hydrogen-bond acceptors (Lipinski definition) is 4. The van der Waals surface area contributed by atoms with Crippen molar-refractivity contribution in [2.75, 3.05) is 7.05 Å². The summed E-state index contributed by atoms with van der Waals surface area (Å²) in [5.74, 6) is 0.732. The number of aryl methyl sites for hydroxylation is 1. The van der Waals surface area contributed by atoms with Crippen LogP contribution in [-0.2, 0) is 6.54 Å². The highest BCUT2D eigenvalue weighted by atomic mass is 16.5. The fourth-order valence-corrected chi connectivity index (χ4v) is 1.81. The van der Waals surface area contributed by atoms with Crippen LogP contribution < -0.4 is 5.32 Å². The van der Waals surface area contributed by atoms with E-state index in [9.17, 15) is 4.79 Å². The Bertz CT molecular complexity index is 568. The molecular formula is C14H18N4O2. The third-order valence-corrected chi connectivity index (χ3v) is 2.89. The van der Waals surface area contributed by atoms with Gasteiger partial charge in [-0.15, -0.1) is 0 Å². The van der Waals surface area contributed by atoms with Crippen LogP contribution >= 0.6 is 0 Å². The standard InChI is InChI=1S/C14H18N4O2/c1-10-8-12(17-20-10)9-18(3)14(19)16-11(2)13-6-4-5-7-15-13/h4-8,11H,9H2,1-3H3,(H,16,19)/t11-/m1/s1. The van der Waals surface area contributed by atoms with Gasteiger partial charge in [-0.1, -0.05) is 11.2 Å². The van der Waals surface area contributed by atoms with E-state index < -0.39 is 0 Å². The maximum absolute atomic E-state index is 12.1. The number of pyridine rings is 1. The Morgan fingerprint density at radius 3 is 2.90 bits per heavy atom. The molecule has 1 N–H and O–H groups in total. The van der Waals surface area contributed by atoms with Crippen molar-refractivity contribution < 1.29 is 9.32 Å². The summed E-state index contributed by atoms with van der Waals surface area (Å²) in [7, 11) is 1.71. The van der Waals surface area contributed by atoms with Gasteiger partial charge in [0.1, 0.15) is 11.5 Å². The van der Waals surface area contributed by atoms with Gasteiger partial charge in [0.05, 0.1) is 18.3 Å². The predicted octanol–water partition coefficient (Wildman–Crippen LogP) is 2.28. The maximum atomic E-state index is 12.1. The van der Waals surface area contributed by atoms with Crippen LogP contribution in [0.3, 0.4) is 0 Å². The Labute approximate surface area is 117 Å². The SMILES string of the molecule is Cc1cc(CN(C)C(=O)N[C@H](C)c2ccccn2)no1. The predicted molar refractivity (Wildman–Crippen MR) is 73.9 cm³/mol. The molecule has 0 aliphatic rings. The lowest BCUT2D eigenvalue weighted by atomic mass is 10.2. The molecule has 20 heavy (non-hydrogen) atoms. The van der Waals surface area contributed by atoms with E-state index in [0.29, 0.717) is 6.54 Å². The number of carbonyl (C=O) groups excluding carboxylic acids is 1. The number of hydrogen-bond donors (Lipinski definition) is 1. The Morgan fingerprint density at radius 2 is 2.30 bits per heavy atom. The van der Waals surface area contributed by atoms with E-state index in [-0.39, 0.29) is 12.1 Å². The zero-order chi connectivity index (χ0) is 14.5. The van der Waals surface area contributed by atoms with Gasteiger partial charge in [0, 0.05) is 19.3 Å². The molecule has 0 aliphatic carbocycles. The maximum Gasteiger partial charge on any atom is 0.318 e.